The lowest BCUT2D eigenvalue weighted by molar-refractivity contribution is 0.122. The van der Waals surface area contributed by atoms with Crippen molar-refractivity contribution < 1.29 is 0 Å². The molecule has 18 heavy (non-hydrogen) atoms. The number of hydrogen-bond acceptors (Lipinski definition) is 3. The Morgan fingerprint density at radius 1 is 0.889 bits per heavy atom. The SMILES string of the molecule is CN1CCCCC1CN1CCCN2CCCC2C1. The molecular weight excluding hydrogens is 222 g/mol. The normalized spacial score (nSPS) is 36.5. The molecule has 3 aliphatic rings. The zero-order valence-corrected chi connectivity index (χ0v) is 12.0. The van der Waals surface area contributed by atoms with Gasteiger partial charge in [0.1, 0.15) is 0 Å². The topological polar surface area (TPSA) is 9.72 Å². The summed E-state index contributed by atoms with van der Waals surface area (Å²) < 4.78 is 0. The number of likely N-dealkylation sites (N-methyl/N-ethyl adjacent to an activating group) is 1. The monoisotopic (exact) mass is 251 g/mol. The summed E-state index contributed by atoms with van der Waals surface area (Å²) in [6.07, 6.45) is 8.52. The molecule has 3 heterocycles. The van der Waals surface area contributed by atoms with Crippen molar-refractivity contribution in [3.63, 3.8) is 0 Å². The molecule has 3 saturated heterocycles. The van der Waals surface area contributed by atoms with Gasteiger partial charge in [-0.15, -0.1) is 0 Å². The zero-order valence-electron chi connectivity index (χ0n) is 12.0. The van der Waals surface area contributed by atoms with Crippen LogP contribution in [0.5, 0.6) is 0 Å². The maximum atomic E-state index is 2.77. The first-order chi connectivity index (χ1) is 8.83. The minimum Gasteiger partial charge on any atom is -0.302 e. The van der Waals surface area contributed by atoms with E-state index in [-0.39, 0.29) is 0 Å². The number of nitrogens with zero attached hydrogens (tertiary/aromatic N) is 3. The predicted molar refractivity (Wildman–Crippen MR) is 75.9 cm³/mol. The summed E-state index contributed by atoms with van der Waals surface area (Å²) in [6.45, 7) is 8.01. The lowest BCUT2D eigenvalue weighted by Crippen LogP contribution is -2.46. The van der Waals surface area contributed by atoms with Crippen molar-refractivity contribution in [2.45, 2.75) is 50.6 Å². The second-order valence-corrected chi connectivity index (χ2v) is 6.58. The fourth-order valence-electron chi connectivity index (χ4n) is 4.12. The Morgan fingerprint density at radius 2 is 1.78 bits per heavy atom. The van der Waals surface area contributed by atoms with Crippen LogP contribution in [0.2, 0.25) is 0 Å². The summed E-state index contributed by atoms with van der Waals surface area (Å²) in [7, 11) is 2.32. The Balaban J connectivity index is 1.55. The molecule has 2 unspecified atom stereocenters. The molecule has 3 heteroatoms. The summed E-state index contributed by atoms with van der Waals surface area (Å²) in [5, 5.41) is 0. The second kappa shape index (κ2) is 5.89. The fourth-order valence-corrected chi connectivity index (χ4v) is 4.12. The van der Waals surface area contributed by atoms with E-state index in [1.807, 2.05) is 0 Å². The molecule has 104 valence electrons. The van der Waals surface area contributed by atoms with Crippen LogP contribution in [0.1, 0.15) is 38.5 Å². The summed E-state index contributed by atoms with van der Waals surface area (Å²) in [5.41, 5.74) is 0. The van der Waals surface area contributed by atoms with E-state index in [0.29, 0.717) is 0 Å². The molecule has 0 amide bonds. The molecule has 0 aromatic carbocycles. The minimum absolute atomic E-state index is 0.826. The van der Waals surface area contributed by atoms with Gasteiger partial charge in [0.25, 0.3) is 0 Å². The van der Waals surface area contributed by atoms with Crippen molar-refractivity contribution in [2.75, 3.05) is 46.3 Å². The molecule has 0 N–H and O–H groups in total. The highest BCUT2D eigenvalue weighted by Crippen LogP contribution is 2.23. The first-order valence-electron chi connectivity index (χ1n) is 7.99. The van der Waals surface area contributed by atoms with Gasteiger partial charge in [0.2, 0.25) is 0 Å². The molecule has 0 spiro atoms. The summed E-state index contributed by atoms with van der Waals surface area (Å²) in [5.74, 6) is 0. The quantitative estimate of drug-likeness (QED) is 0.739. The average molecular weight is 251 g/mol. The van der Waals surface area contributed by atoms with Crippen molar-refractivity contribution in [2.24, 2.45) is 0 Å². The van der Waals surface area contributed by atoms with Crippen LogP contribution in [0.15, 0.2) is 0 Å². The highest BCUT2D eigenvalue weighted by Gasteiger charge is 2.30. The van der Waals surface area contributed by atoms with Gasteiger partial charge in [-0.25, -0.2) is 0 Å². The smallest absolute Gasteiger partial charge is 0.0223 e. The van der Waals surface area contributed by atoms with Crippen LogP contribution in [-0.2, 0) is 0 Å². The number of fused-ring (bicyclic) bond motifs is 1. The second-order valence-electron chi connectivity index (χ2n) is 6.58. The van der Waals surface area contributed by atoms with Gasteiger partial charge in [0, 0.05) is 25.2 Å². The molecule has 3 rings (SSSR count). The third-order valence-corrected chi connectivity index (χ3v) is 5.28. The summed E-state index contributed by atoms with van der Waals surface area (Å²) in [4.78, 5) is 8.11. The Morgan fingerprint density at radius 3 is 2.67 bits per heavy atom. The molecular formula is C15H29N3. The van der Waals surface area contributed by atoms with Crippen LogP contribution in [0.4, 0.5) is 0 Å². The maximum absolute atomic E-state index is 2.77. The van der Waals surface area contributed by atoms with Gasteiger partial charge < -0.3 is 9.80 Å². The molecule has 3 aliphatic heterocycles. The molecule has 0 radical (unpaired) electrons. The summed E-state index contributed by atoms with van der Waals surface area (Å²) >= 11 is 0. The van der Waals surface area contributed by atoms with Gasteiger partial charge in [-0.05, 0) is 65.3 Å². The standard InChI is InChI=1S/C15H29N3/c1-16-8-3-2-6-14(16)12-17-9-5-11-18-10-4-7-15(18)13-17/h14-15H,2-13H2,1H3. The highest BCUT2D eigenvalue weighted by atomic mass is 15.3. The Labute approximate surface area is 112 Å². The van der Waals surface area contributed by atoms with E-state index in [1.165, 1.54) is 77.8 Å². The number of hydrogen-bond donors (Lipinski definition) is 0. The van der Waals surface area contributed by atoms with E-state index in [4.69, 9.17) is 0 Å². The number of likely N-dealkylation sites (tertiary alicyclic amines) is 1. The molecule has 0 aromatic rings. The van der Waals surface area contributed by atoms with Crippen LogP contribution in [0.3, 0.4) is 0 Å². The fraction of sp³-hybridized carbons (Fsp3) is 1.00. The average Bonchev–Trinajstić information content (AvgIpc) is 2.71. The predicted octanol–water partition coefficient (Wildman–Crippen LogP) is 1.64. The van der Waals surface area contributed by atoms with Gasteiger partial charge in [-0.2, -0.15) is 0 Å². The van der Waals surface area contributed by atoms with Gasteiger partial charge in [-0.1, -0.05) is 6.42 Å². The highest BCUT2D eigenvalue weighted by molar-refractivity contribution is 4.87. The Hall–Kier alpha value is -0.120. The van der Waals surface area contributed by atoms with E-state index in [9.17, 15) is 0 Å². The lowest BCUT2D eigenvalue weighted by Gasteiger charge is -2.36. The maximum Gasteiger partial charge on any atom is 0.0223 e. The third-order valence-electron chi connectivity index (χ3n) is 5.28. The summed E-state index contributed by atoms with van der Waals surface area (Å²) in [6, 6.07) is 1.70. The molecule has 0 saturated carbocycles. The van der Waals surface area contributed by atoms with Crippen molar-refractivity contribution >= 4 is 0 Å². The van der Waals surface area contributed by atoms with Gasteiger partial charge in [0.05, 0.1) is 0 Å². The minimum atomic E-state index is 0.826. The van der Waals surface area contributed by atoms with E-state index in [0.717, 1.165) is 12.1 Å². The molecule has 2 atom stereocenters. The van der Waals surface area contributed by atoms with Crippen molar-refractivity contribution in [1.82, 2.24) is 14.7 Å². The van der Waals surface area contributed by atoms with Crippen molar-refractivity contribution in [3.8, 4) is 0 Å². The van der Waals surface area contributed by atoms with E-state index >= 15 is 0 Å². The first-order valence-corrected chi connectivity index (χ1v) is 7.99. The van der Waals surface area contributed by atoms with Crippen molar-refractivity contribution in [1.29, 1.82) is 0 Å². The van der Waals surface area contributed by atoms with E-state index < -0.39 is 0 Å². The zero-order chi connectivity index (χ0) is 12.4. The van der Waals surface area contributed by atoms with Crippen LogP contribution < -0.4 is 0 Å². The first kappa shape index (κ1) is 12.9. The largest absolute Gasteiger partial charge is 0.302 e. The number of rotatable bonds is 2. The molecule has 0 aliphatic carbocycles. The Bertz CT molecular complexity index is 268. The van der Waals surface area contributed by atoms with Crippen LogP contribution >= 0.6 is 0 Å². The van der Waals surface area contributed by atoms with Crippen LogP contribution in [0, 0.1) is 0 Å². The number of piperidine rings is 1. The van der Waals surface area contributed by atoms with Gasteiger partial charge >= 0.3 is 0 Å². The molecule has 0 aromatic heterocycles. The van der Waals surface area contributed by atoms with Crippen LogP contribution in [0.25, 0.3) is 0 Å². The molecule has 3 fully saturated rings. The van der Waals surface area contributed by atoms with E-state index in [1.54, 1.807) is 0 Å². The Kier molecular flexibility index (Phi) is 4.22. The van der Waals surface area contributed by atoms with Gasteiger partial charge in [-0.3, -0.25) is 4.90 Å². The van der Waals surface area contributed by atoms with Gasteiger partial charge in [0.15, 0.2) is 0 Å². The van der Waals surface area contributed by atoms with Crippen LogP contribution in [-0.4, -0.2) is 73.1 Å². The molecule has 3 nitrogen and oxygen atoms in total. The van der Waals surface area contributed by atoms with Crippen molar-refractivity contribution in [3.05, 3.63) is 0 Å². The molecule has 0 bridgehead atoms. The van der Waals surface area contributed by atoms with E-state index in [2.05, 4.69) is 21.7 Å². The lowest BCUT2D eigenvalue weighted by atomic mass is 10.0. The third kappa shape index (κ3) is 2.89.